The molecule has 0 fully saturated rings. The lowest BCUT2D eigenvalue weighted by molar-refractivity contribution is -0.117. The zero-order chi connectivity index (χ0) is 12.8. The molecule has 92 valence electrons. The third-order valence-corrected chi connectivity index (χ3v) is 2.87. The molecule has 0 aliphatic heterocycles. The average molecular weight is 240 g/mol. The topological polar surface area (TPSA) is 42.0 Å². The number of nitrogens with one attached hydrogen (secondary N) is 1. The summed E-state index contributed by atoms with van der Waals surface area (Å²) in [6.45, 7) is 2.02. The number of amides is 1. The zero-order valence-electron chi connectivity index (χ0n) is 10.3. The van der Waals surface area contributed by atoms with E-state index < -0.39 is 0 Å². The van der Waals surface area contributed by atoms with Crippen LogP contribution in [-0.2, 0) is 4.79 Å². The minimum absolute atomic E-state index is 0.0231. The summed E-state index contributed by atoms with van der Waals surface area (Å²) in [6.07, 6.45) is 4.11. The largest absolute Gasteiger partial charge is 0.325 e. The van der Waals surface area contributed by atoms with Crippen molar-refractivity contribution in [2.45, 2.75) is 19.3 Å². The molecule has 0 bridgehead atoms. The maximum atomic E-state index is 12.2. The van der Waals surface area contributed by atoms with Gasteiger partial charge in [-0.25, -0.2) is 0 Å². The van der Waals surface area contributed by atoms with Gasteiger partial charge in [0.25, 0.3) is 0 Å². The molecular weight excluding hydrogens is 224 g/mol. The Bertz CT molecular complexity index is 496. The molecule has 1 amide bonds. The van der Waals surface area contributed by atoms with Crippen LogP contribution in [0, 0.1) is 0 Å². The first kappa shape index (κ1) is 12.3. The van der Waals surface area contributed by atoms with E-state index >= 15 is 0 Å². The van der Waals surface area contributed by atoms with Gasteiger partial charge in [-0.2, -0.15) is 0 Å². The molecule has 1 N–H and O–H groups in total. The lowest BCUT2D eigenvalue weighted by atomic mass is 9.95. The van der Waals surface area contributed by atoms with Gasteiger partial charge < -0.3 is 5.32 Å². The SMILES string of the molecule is CC[C@@H](C(=O)Nc1ccncc1)c1ccccc1. The van der Waals surface area contributed by atoms with Gasteiger partial charge in [0.1, 0.15) is 0 Å². The zero-order valence-corrected chi connectivity index (χ0v) is 10.3. The highest BCUT2D eigenvalue weighted by Gasteiger charge is 2.18. The third-order valence-electron chi connectivity index (χ3n) is 2.87. The highest BCUT2D eigenvalue weighted by atomic mass is 16.1. The van der Waals surface area contributed by atoms with Crippen molar-refractivity contribution >= 4 is 11.6 Å². The Morgan fingerprint density at radius 1 is 1.17 bits per heavy atom. The summed E-state index contributed by atoms with van der Waals surface area (Å²) in [5.74, 6) is -0.0886. The van der Waals surface area contributed by atoms with Crippen molar-refractivity contribution in [3.63, 3.8) is 0 Å². The molecule has 0 aliphatic carbocycles. The first-order chi connectivity index (χ1) is 8.81. The van der Waals surface area contributed by atoms with E-state index in [2.05, 4.69) is 10.3 Å². The molecule has 3 nitrogen and oxygen atoms in total. The molecule has 1 aromatic carbocycles. The van der Waals surface area contributed by atoms with Crippen LogP contribution in [0.1, 0.15) is 24.8 Å². The fourth-order valence-electron chi connectivity index (χ4n) is 1.92. The number of aromatic nitrogens is 1. The van der Waals surface area contributed by atoms with Gasteiger partial charge in [-0.05, 0) is 24.1 Å². The molecule has 0 saturated carbocycles. The van der Waals surface area contributed by atoms with Crippen molar-refractivity contribution < 1.29 is 4.79 Å². The van der Waals surface area contributed by atoms with Gasteiger partial charge in [-0.1, -0.05) is 37.3 Å². The van der Waals surface area contributed by atoms with Gasteiger partial charge in [0, 0.05) is 18.1 Å². The Hall–Kier alpha value is -2.16. The predicted octanol–water partition coefficient (Wildman–Crippen LogP) is 3.21. The smallest absolute Gasteiger partial charge is 0.231 e. The van der Waals surface area contributed by atoms with E-state index in [1.807, 2.05) is 37.3 Å². The number of hydrogen-bond acceptors (Lipinski definition) is 2. The number of benzene rings is 1. The molecule has 0 spiro atoms. The van der Waals surface area contributed by atoms with Crippen molar-refractivity contribution in [2.75, 3.05) is 5.32 Å². The van der Waals surface area contributed by atoms with Crippen LogP contribution < -0.4 is 5.32 Å². The van der Waals surface area contributed by atoms with Crippen LogP contribution in [0.25, 0.3) is 0 Å². The standard InChI is InChI=1S/C15H16N2O/c1-2-14(12-6-4-3-5-7-12)15(18)17-13-8-10-16-11-9-13/h3-11,14H,2H2,1H3,(H,16,17,18)/t14-/m1/s1. The van der Waals surface area contributed by atoms with Gasteiger partial charge in [0.15, 0.2) is 0 Å². The van der Waals surface area contributed by atoms with Crippen molar-refractivity contribution in [3.8, 4) is 0 Å². The summed E-state index contributed by atoms with van der Waals surface area (Å²) in [6, 6.07) is 13.4. The van der Waals surface area contributed by atoms with Crippen LogP contribution in [0.4, 0.5) is 5.69 Å². The second-order valence-electron chi connectivity index (χ2n) is 4.10. The quantitative estimate of drug-likeness (QED) is 0.891. The highest BCUT2D eigenvalue weighted by molar-refractivity contribution is 5.95. The van der Waals surface area contributed by atoms with Crippen LogP contribution in [0.15, 0.2) is 54.9 Å². The Labute approximate surface area is 107 Å². The highest BCUT2D eigenvalue weighted by Crippen LogP contribution is 2.21. The minimum Gasteiger partial charge on any atom is -0.325 e. The molecule has 0 radical (unpaired) electrons. The molecule has 0 saturated heterocycles. The Kier molecular flexibility index (Phi) is 4.07. The molecule has 0 unspecified atom stereocenters. The van der Waals surface area contributed by atoms with Crippen LogP contribution in [0.3, 0.4) is 0 Å². The van der Waals surface area contributed by atoms with Crippen LogP contribution >= 0.6 is 0 Å². The van der Waals surface area contributed by atoms with Crippen molar-refractivity contribution in [2.24, 2.45) is 0 Å². The molecule has 2 aromatic rings. The summed E-state index contributed by atoms with van der Waals surface area (Å²) in [5, 5.41) is 2.91. The predicted molar refractivity (Wildman–Crippen MR) is 72.3 cm³/mol. The Morgan fingerprint density at radius 2 is 1.83 bits per heavy atom. The monoisotopic (exact) mass is 240 g/mol. The molecule has 1 aromatic heterocycles. The fourth-order valence-corrected chi connectivity index (χ4v) is 1.92. The summed E-state index contributed by atoms with van der Waals surface area (Å²) in [4.78, 5) is 16.1. The molecule has 0 aliphatic rings. The second kappa shape index (κ2) is 5.96. The van der Waals surface area contributed by atoms with Crippen LogP contribution in [0.5, 0.6) is 0 Å². The van der Waals surface area contributed by atoms with Gasteiger partial charge in [0.05, 0.1) is 5.92 Å². The third kappa shape index (κ3) is 2.94. The normalized spacial score (nSPS) is 11.8. The molecule has 1 atom stereocenters. The van der Waals surface area contributed by atoms with E-state index in [1.165, 1.54) is 0 Å². The number of carbonyl (C=O) groups is 1. The molecule has 3 heteroatoms. The van der Waals surface area contributed by atoms with E-state index in [9.17, 15) is 4.79 Å². The van der Waals surface area contributed by atoms with Crippen molar-refractivity contribution in [3.05, 3.63) is 60.4 Å². The number of carbonyl (C=O) groups excluding carboxylic acids is 1. The van der Waals surface area contributed by atoms with Crippen molar-refractivity contribution in [1.29, 1.82) is 0 Å². The number of anilines is 1. The number of nitrogens with zero attached hydrogens (tertiary/aromatic N) is 1. The summed E-state index contributed by atoms with van der Waals surface area (Å²) >= 11 is 0. The molecular formula is C15H16N2O. The fraction of sp³-hybridized carbons (Fsp3) is 0.200. The van der Waals surface area contributed by atoms with E-state index in [-0.39, 0.29) is 11.8 Å². The second-order valence-corrected chi connectivity index (χ2v) is 4.10. The van der Waals surface area contributed by atoms with E-state index in [0.29, 0.717) is 0 Å². The number of rotatable bonds is 4. The first-order valence-corrected chi connectivity index (χ1v) is 6.07. The summed E-state index contributed by atoms with van der Waals surface area (Å²) in [5.41, 5.74) is 1.83. The van der Waals surface area contributed by atoms with Gasteiger partial charge in [0.2, 0.25) is 5.91 Å². The van der Waals surface area contributed by atoms with Crippen LogP contribution in [-0.4, -0.2) is 10.9 Å². The molecule has 2 rings (SSSR count). The van der Waals surface area contributed by atoms with Crippen molar-refractivity contribution in [1.82, 2.24) is 4.98 Å². The molecule has 1 heterocycles. The minimum atomic E-state index is -0.112. The van der Waals surface area contributed by atoms with Crippen LogP contribution in [0.2, 0.25) is 0 Å². The van der Waals surface area contributed by atoms with E-state index in [4.69, 9.17) is 0 Å². The maximum Gasteiger partial charge on any atom is 0.231 e. The summed E-state index contributed by atoms with van der Waals surface area (Å²) < 4.78 is 0. The summed E-state index contributed by atoms with van der Waals surface area (Å²) in [7, 11) is 0. The molecule has 18 heavy (non-hydrogen) atoms. The van der Waals surface area contributed by atoms with E-state index in [1.54, 1.807) is 24.5 Å². The van der Waals surface area contributed by atoms with E-state index in [0.717, 1.165) is 17.7 Å². The lowest BCUT2D eigenvalue weighted by Crippen LogP contribution is -2.20. The number of pyridine rings is 1. The first-order valence-electron chi connectivity index (χ1n) is 6.07. The van der Waals surface area contributed by atoms with Gasteiger partial charge in [-0.15, -0.1) is 0 Å². The maximum absolute atomic E-state index is 12.2. The van der Waals surface area contributed by atoms with Gasteiger partial charge >= 0.3 is 0 Å². The Balaban J connectivity index is 2.12. The number of hydrogen-bond donors (Lipinski definition) is 1. The Morgan fingerprint density at radius 3 is 2.44 bits per heavy atom. The average Bonchev–Trinajstić information content (AvgIpc) is 2.42. The lowest BCUT2D eigenvalue weighted by Gasteiger charge is -2.15. The van der Waals surface area contributed by atoms with Gasteiger partial charge in [-0.3, -0.25) is 9.78 Å².